The average molecular weight is 269 g/mol. The molecule has 2 nitrogen and oxygen atoms in total. The molecule has 1 aliphatic heterocycles. The van der Waals surface area contributed by atoms with Crippen molar-refractivity contribution in [1.82, 2.24) is 0 Å². The average Bonchev–Trinajstić information content (AvgIpc) is 2.75. The quantitative estimate of drug-likeness (QED) is 0.795. The van der Waals surface area contributed by atoms with E-state index in [1.54, 1.807) is 0 Å². The van der Waals surface area contributed by atoms with E-state index < -0.39 is 0 Å². The second-order valence-corrected chi connectivity index (χ2v) is 8.10. The predicted molar refractivity (Wildman–Crippen MR) is 77.7 cm³/mol. The van der Waals surface area contributed by atoms with Gasteiger partial charge in [-0.1, -0.05) is 13.8 Å². The smallest absolute Gasteiger partial charge is 0.0607 e. The van der Waals surface area contributed by atoms with E-state index >= 15 is 0 Å². The molecular formula is C15H27NOS. The number of fused-ring (bicyclic) bond motifs is 3. The molecule has 1 saturated heterocycles. The van der Waals surface area contributed by atoms with Crippen molar-refractivity contribution >= 4 is 11.8 Å². The zero-order valence-corrected chi connectivity index (χ0v) is 12.7. The summed E-state index contributed by atoms with van der Waals surface area (Å²) in [5.41, 5.74) is 6.48. The molecule has 3 heteroatoms. The Kier molecular flexibility index (Phi) is 3.68. The molecule has 0 bridgehead atoms. The van der Waals surface area contributed by atoms with Crippen molar-refractivity contribution in [3.63, 3.8) is 0 Å². The Morgan fingerprint density at radius 2 is 1.67 bits per heavy atom. The summed E-state index contributed by atoms with van der Waals surface area (Å²) in [6, 6.07) is 0.424. The number of rotatable bonds is 1. The summed E-state index contributed by atoms with van der Waals surface area (Å²) in [4.78, 5) is 0. The van der Waals surface area contributed by atoms with Crippen molar-refractivity contribution < 1.29 is 4.74 Å². The molecule has 3 aliphatic rings. The van der Waals surface area contributed by atoms with Crippen LogP contribution in [0.2, 0.25) is 0 Å². The molecule has 1 heterocycles. The third kappa shape index (κ3) is 1.94. The monoisotopic (exact) mass is 269 g/mol. The molecule has 2 N–H and O–H groups in total. The standard InChI is InChI=1S/C15H27NOS/c1-8-4-5-11-10-6-7-12(17-3)9(2)14(10)18-15(11)13(8)16/h8-15H,4-7,16H2,1-3H3. The van der Waals surface area contributed by atoms with Gasteiger partial charge in [0.2, 0.25) is 0 Å². The molecule has 18 heavy (non-hydrogen) atoms. The topological polar surface area (TPSA) is 35.2 Å². The molecule has 3 rings (SSSR count). The SMILES string of the molecule is COC1CCC2C3CCC(C)C(N)C3SC2C1C. The molecule has 0 amide bonds. The van der Waals surface area contributed by atoms with Crippen LogP contribution in [0.4, 0.5) is 0 Å². The zero-order valence-electron chi connectivity index (χ0n) is 11.8. The molecule has 0 aromatic heterocycles. The number of thioether (sulfide) groups is 1. The molecule has 2 aliphatic carbocycles. The molecule has 0 radical (unpaired) electrons. The summed E-state index contributed by atoms with van der Waals surface area (Å²) < 4.78 is 5.67. The van der Waals surface area contributed by atoms with E-state index in [1.165, 1.54) is 25.7 Å². The maximum Gasteiger partial charge on any atom is 0.0607 e. The van der Waals surface area contributed by atoms with Gasteiger partial charge in [-0.05, 0) is 49.4 Å². The lowest BCUT2D eigenvalue weighted by Gasteiger charge is -2.40. The van der Waals surface area contributed by atoms with Crippen LogP contribution in [0.15, 0.2) is 0 Å². The Labute approximate surface area is 115 Å². The lowest BCUT2D eigenvalue weighted by molar-refractivity contribution is 0.0102. The van der Waals surface area contributed by atoms with Crippen molar-refractivity contribution in [2.24, 2.45) is 29.4 Å². The largest absolute Gasteiger partial charge is 0.381 e. The van der Waals surface area contributed by atoms with Gasteiger partial charge in [-0.25, -0.2) is 0 Å². The van der Waals surface area contributed by atoms with Crippen LogP contribution in [0.5, 0.6) is 0 Å². The van der Waals surface area contributed by atoms with Crippen molar-refractivity contribution in [2.45, 2.75) is 62.2 Å². The lowest BCUT2D eigenvalue weighted by atomic mass is 9.67. The Morgan fingerprint density at radius 3 is 2.39 bits per heavy atom. The van der Waals surface area contributed by atoms with Gasteiger partial charge in [-0.2, -0.15) is 11.8 Å². The number of hydrogen-bond acceptors (Lipinski definition) is 3. The number of ether oxygens (including phenoxy) is 1. The first-order valence-corrected chi connectivity index (χ1v) is 8.51. The van der Waals surface area contributed by atoms with Gasteiger partial charge in [-0.3, -0.25) is 0 Å². The maximum absolute atomic E-state index is 6.48. The third-order valence-electron chi connectivity index (χ3n) is 5.89. The third-order valence-corrected chi connectivity index (χ3v) is 7.96. The van der Waals surface area contributed by atoms with E-state index in [0.717, 1.165) is 22.3 Å². The summed E-state index contributed by atoms with van der Waals surface area (Å²) in [7, 11) is 1.88. The molecule has 0 aromatic rings. The van der Waals surface area contributed by atoms with Crippen molar-refractivity contribution in [1.29, 1.82) is 0 Å². The highest BCUT2D eigenvalue weighted by Crippen LogP contribution is 2.56. The first-order valence-electron chi connectivity index (χ1n) is 7.57. The summed E-state index contributed by atoms with van der Waals surface area (Å²) in [5, 5.41) is 1.52. The van der Waals surface area contributed by atoms with Gasteiger partial charge in [0, 0.05) is 23.7 Å². The van der Waals surface area contributed by atoms with E-state index in [0.29, 0.717) is 24.0 Å². The van der Waals surface area contributed by atoms with E-state index in [4.69, 9.17) is 10.5 Å². The van der Waals surface area contributed by atoms with Crippen LogP contribution in [0.1, 0.15) is 39.5 Å². The lowest BCUT2D eigenvalue weighted by Crippen LogP contribution is -2.46. The summed E-state index contributed by atoms with van der Waals surface area (Å²) in [6.45, 7) is 4.73. The second-order valence-electron chi connectivity index (χ2n) is 6.74. The fraction of sp³-hybridized carbons (Fsp3) is 1.00. The minimum absolute atomic E-state index is 0.424. The van der Waals surface area contributed by atoms with E-state index in [-0.39, 0.29) is 0 Å². The number of hydrogen-bond donors (Lipinski definition) is 1. The van der Waals surface area contributed by atoms with Gasteiger partial charge in [0.05, 0.1) is 6.10 Å². The minimum Gasteiger partial charge on any atom is -0.381 e. The molecule has 0 spiro atoms. The minimum atomic E-state index is 0.424. The number of methoxy groups -OCH3 is 1. The van der Waals surface area contributed by atoms with E-state index in [9.17, 15) is 0 Å². The van der Waals surface area contributed by atoms with Gasteiger partial charge >= 0.3 is 0 Å². The van der Waals surface area contributed by atoms with Crippen LogP contribution in [0.3, 0.4) is 0 Å². The zero-order chi connectivity index (χ0) is 12.9. The highest BCUT2D eigenvalue weighted by Gasteiger charge is 2.53. The fourth-order valence-corrected chi connectivity index (χ4v) is 6.97. The molecule has 0 aromatic carbocycles. The molecule has 8 atom stereocenters. The van der Waals surface area contributed by atoms with Crippen molar-refractivity contribution in [3.05, 3.63) is 0 Å². The summed E-state index contributed by atoms with van der Waals surface area (Å²) >= 11 is 2.21. The van der Waals surface area contributed by atoms with Gasteiger partial charge in [-0.15, -0.1) is 0 Å². The van der Waals surface area contributed by atoms with Gasteiger partial charge in [0.1, 0.15) is 0 Å². The van der Waals surface area contributed by atoms with Gasteiger partial charge < -0.3 is 10.5 Å². The predicted octanol–water partition coefficient (Wildman–Crippen LogP) is 2.90. The van der Waals surface area contributed by atoms with Crippen LogP contribution in [0.25, 0.3) is 0 Å². The van der Waals surface area contributed by atoms with Crippen molar-refractivity contribution in [3.8, 4) is 0 Å². The molecule has 8 unspecified atom stereocenters. The normalized spacial score (nSPS) is 56.0. The number of nitrogens with two attached hydrogens (primary N) is 1. The van der Waals surface area contributed by atoms with Crippen LogP contribution in [-0.4, -0.2) is 29.8 Å². The van der Waals surface area contributed by atoms with Crippen LogP contribution in [0, 0.1) is 23.7 Å². The Morgan fingerprint density at radius 1 is 1.00 bits per heavy atom. The molecule has 2 saturated carbocycles. The molecular weight excluding hydrogens is 242 g/mol. The van der Waals surface area contributed by atoms with Crippen LogP contribution < -0.4 is 5.73 Å². The molecule has 3 fully saturated rings. The Balaban J connectivity index is 1.78. The highest BCUT2D eigenvalue weighted by atomic mass is 32.2. The first-order chi connectivity index (χ1) is 8.63. The fourth-order valence-electron chi connectivity index (χ4n) is 4.65. The summed E-state index contributed by atoms with van der Waals surface area (Å²) in [6.07, 6.45) is 5.86. The summed E-state index contributed by atoms with van der Waals surface area (Å²) in [5.74, 6) is 3.23. The maximum atomic E-state index is 6.48. The van der Waals surface area contributed by atoms with Crippen LogP contribution >= 0.6 is 11.8 Å². The second kappa shape index (κ2) is 4.99. The highest BCUT2D eigenvalue weighted by molar-refractivity contribution is 8.00. The van der Waals surface area contributed by atoms with E-state index in [2.05, 4.69) is 25.6 Å². The van der Waals surface area contributed by atoms with Crippen molar-refractivity contribution in [2.75, 3.05) is 7.11 Å². The Bertz CT molecular complexity index is 311. The van der Waals surface area contributed by atoms with Crippen LogP contribution in [-0.2, 0) is 4.74 Å². The molecule has 104 valence electrons. The Hall–Kier alpha value is 0.270. The first kappa shape index (κ1) is 13.3. The van der Waals surface area contributed by atoms with Gasteiger partial charge in [0.25, 0.3) is 0 Å². The van der Waals surface area contributed by atoms with Gasteiger partial charge in [0.15, 0.2) is 0 Å². The van der Waals surface area contributed by atoms with E-state index in [1.807, 2.05) is 7.11 Å².